The Labute approximate surface area is 85.1 Å². The molecule has 0 bridgehead atoms. The van der Waals surface area contributed by atoms with E-state index < -0.39 is 9.24 Å². The van der Waals surface area contributed by atoms with Crippen molar-refractivity contribution >= 4 is 25.6 Å². The van der Waals surface area contributed by atoms with Crippen molar-refractivity contribution in [2.45, 2.75) is 0 Å². The monoisotopic (exact) mass is 235 g/mol. The summed E-state index contributed by atoms with van der Waals surface area (Å²) in [6.07, 6.45) is 0. The van der Waals surface area contributed by atoms with E-state index in [0.29, 0.717) is 17.2 Å². The summed E-state index contributed by atoms with van der Waals surface area (Å²) in [7, 11) is 1.24. The van der Waals surface area contributed by atoms with Crippen molar-refractivity contribution in [1.82, 2.24) is 0 Å². The number of ether oxygens (including phenoxy) is 2. The lowest BCUT2D eigenvalue weighted by molar-refractivity contribution is 0.174. The molecule has 1 aliphatic heterocycles. The maximum absolute atomic E-state index is 10.7. The lowest BCUT2D eigenvalue weighted by Crippen LogP contribution is -2.03. The standard InChI is InChI=1S/C7H6ClNO4S/c8-14(10,11)9-5-1-2-6-7(3-5)13-4-12-6/h1-3,9H,4H2. The van der Waals surface area contributed by atoms with Crippen LogP contribution in [-0.2, 0) is 9.24 Å². The minimum atomic E-state index is -3.77. The largest absolute Gasteiger partial charge is 0.454 e. The van der Waals surface area contributed by atoms with Crippen LogP contribution in [0.2, 0.25) is 0 Å². The first kappa shape index (κ1) is 9.42. The molecule has 1 aromatic carbocycles. The van der Waals surface area contributed by atoms with E-state index in [-0.39, 0.29) is 6.79 Å². The highest BCUT2D eigenvalue weighted by Gasteiger charge is 2.14. The van der Waals surface area contributed by atoms with Gasteiger partial charge in [-0.25, -0.2) is 0 Å². The molecule has 14 heavy (non-hydrogen) atoms. The number of nitrogens with one attached hydrogen (secondary N) is 1. The van der Waals surface area contributed by atoms with Gasteiger partial charge in [0.1, 0.15) is 0 Å². The molecule has 1 heterocycles. The molecule has 1 aliphatic rings. The van der Waals surface area contributed by atoms with E-state index in [2.05, 4.69) is 4.72 Å². The normalized spacial score (nSPS) is 14.1. The zero-order valence-electron chi connectivity index (χ0n) is 6.86. The van der Waals surface area contributed by atoms with Crippen LogP contribution in [0.15, 0.2) is 18.2 Å². The Bertz CT molecular complexity index is 459. The van der Waals surface area contributed by atoms with Crippen LogP contribution in [0.3, 0.4) is 0 Å². The third kappa shape index (κ3) is 2.02. The van der Waals surface area contributed by atoms with Gasteiger partial charge in [-0.1, -0.05) is 0 Å². The van der Waals surface area contributed by atoms with Crippen molar-refractivity contribution in [2.24, 2.45) is 0 Å². The third-order valence-electron chi connectivity index (χ3n) is 1.61. The highest BCUT2D eigenvalue weighted by atomic mass is 35.7. The highest BCUT2D eigenvalue weighted by Crippen LogP contribution is 2.34. The number of halogens is 1. The number of rotatable bonds is 2. The van der Waals surface area contributed by atoms with E-state index in [1.165, 1.54) is 12.1 Å². The quantitative estimate of drug-likeness (QED) is 0.785. The Balaban J connectivity index is 2.29. The molecule has 7 heteroatoms. The van der Waals surface area contributed by atoms with Crippen LogP contribution in [0.25, 0.3) is 0 Å². The van der Waals surface area contributed by atoms with E-state index >= 15 is 0 Å². The van der Waals surface area contributed by atoms with Gasteiger partial charge in [0.25, 0.3) is 0 Å². The van der Waals surface area contributed by atoms with Gasteiger partial charge in [-0.2, -0.15) is 8.42 Å². The lowest BCUT2D eigenvalue weighted by Gasteiger charge is -2.02. The summed E-state index contributed by atoms with van der Waals surface area (Å²) in [6.45, 7) is 0.145. The minimum Gasteiger partial charge on any atom is -0.454 e. The summed E-state index contributed by atoms with van der Waals surface area (Å²) < 4.78 is 33.6. The smallest absolute Gasteiger partial charge is 0.319 e. The molecule has 2 rings (SSSR count). The average Bonchev–Trinajstić information content (AvgIpc) is 2.47. The second-order valence-electron chi connectivity index (χ2n) is 2.61. The van der Waals surface area contributed by atoms with E-state index in [9.17, 15) is 8.42 Å². The Kier molecular flexibility index (Phi) is 2.16. The molecule has 0 atom stereocenters. The number of benzene rings is 1. The number of hydrogen-bond acceptors (Lipinski definition) is 4. The van der Waals surface area contributed by atoms with Crippen molar-refractivity contribution in [3.05, 3.63) is 18.2 Å². The van der Waals surface area contributed by atoms with Crippen molar-refractivity contribution in [1.29, 1.82) is 0 Å². The van der Waals surface area contributed by atoms with Crippen molar-refractivity contribution in [2.75, 3.05) is 11.5 Å². The van der Waals surface area contributed by atoms with E-state index in [0.717, 1.165) is 0 Å². The van der Waals surface area contributed by atoms with Gasteiger partial charge in [-0.15, -0.1) is 0 Å². The van der Waals surface area contributed by atoms with Crippen LogP contribution < -0.4 is 14.2 Å². The summed E-state index contributed by atoms with van der Waals surface area (Å²) in [6, 6.07) is 4.64. The van der Waals surface area contributed by atoms with Gasteiger partial charge in [-0.3, -0.25) is 4.72 Å². The van der Waals surface area contributed by atoms with Crippen LogP contribution in [-0.4, -0.2) is 15.2 Å². The van der Waals surface area contributed by atoms with Crippen molar-refractivity contribution in [3.63, 3.8) is 0 Å². The highest BCUT2D eigenvalue weighted by molar-refractivity contribution is 8.14. The molecule has 0 unspecified atom stereocenters. The Morgan fingerprint density at radius 1 is 1.29 bits per heavy atom. The fraction of sp³-hybridized carbons (Fsp3) is 0.143. The molecule has 0 aliphatic carbocycles. The first-order chi connectivity index (χ1) is 6.54. The molecular formula is C7H6ClNO4S. The number of anilines is 1. The summed E-state index contributed by atoms with van der Waals surface area (Å²) >= 11 is 0. The molecule has 1 aromatic rings. The van der Waals surface area contributed by atoms with Crippen LogP contribution in [0, 0.1) is 0 Å². The third-order valence-corrected chi connectivity index (χ3v) is 2.32. The van der Waals surface area contributed by atoms with E-state index in [4.69, 9.17) is 20.2 Å². The molecule has 76 valence electrons. The first-order valence-corrected chi connectivity index (χ1v) is 5.97. The second kappa shape index (κ2) is 3.21. The SMILES string of the molecule is O=S(=O)(Cl)Nc1ccc2c(c1)OCO2. The van der Waals surface area contributed by atoms with E-state index in [1.807, 2.05) is 0 Å². The van der Waals surface area contributed by atoms with Gasteiger partial charge in [-0.05, 0) is 12.1 Å². The zero-order chi connectivity index (χ0) is 10.2. The average molecular weight is 236 g/mol. The molecule has 1 N–H and O–H groups in total. The number of hydrogen-bond donors (Lipinski definition) is 1. The lowest BCUT2D eigenvalue weighted by atomic mass is 10.3. The summed E-state index contributed by atoms with van der Waals surface area (Å²) in [5, 5.41) is 0. The predicted octanol–water partition coefficient (Wildman–Crippen LogP) is 1.31. The topological polar surface area (TPSA) is 64.6 Å². The maximum Gasteiger partial charge on any atom is 0.319 e. The van der Waals surface area contributed by atoms with Gasteiger partial charge in [0.15, 0.2) is 11.5 Å². The molecular weight excluding hydrogens is 230 g/mol. The van der Waals surface area contributed by atoms with Crippen molar-refractivity contribution in [3.8, 4) is 11.5 Å². The number of fused-ring (bicyclic) bond motifs is 1. The van der Waals surface area contributed by atoms with Crippen LogP contribution in [0.4, 0.5) is 5.69 Å². The Morgan fingerprint density at radius 3 is 2.71 bits per heavy atom. The molecule has 5 nitrogen and oxygen atoms in total. The molecule has 0 aromatic heterocycles. The summed E-state index contributed by atoms with van der Waals surface area (Å²) in [5.41, 5.74) is 0.337. The Hall–Kier alpha value is -1.14. The first-order valence-electron chi connectivity index (χ1n) is 3.67. The molecule has 0 radical (unpaired) electrons. The zero-order valence-corrected chi connectivity index (χ0v) is 8.43. The van der Waals surface area contributed by atoms with Gasteiger partial charge in [0.2, 0.25) is 6.79 Å². The van der Waals surface area contributed by atoms with Crippen LogP contribution >= 0.6 is 10.7 Å². The molecule has 0 saturated carbocycles. The summed E-state index contributed by atoms with van der Waals surface area (Å²) in [5.74, 6) is 1.08. The van der Waals surface area contributed by atoms with Crippen molar-refractivity contribution < 1.29 is 17.9 Å². The second-order valence-corrected chi connectivity index (χ2v) is 4.91. The maximum atomic E-state index is 10.7. The van der Waals surface area contributed by atoms with Crippen LogP contribution in [0.5, 0.6) is 11.5 Å². The molecule has 0 amide bonds. The van der Waals surface area contributed by atoms with Gasteiger partial charge < -0.3 is 9.47 Å². The molecule has 0 spiro atoms. The van der Waals surface area contributed by atoms with Gasteiger partial charge in [0, 0.05) is 16.7 Å². The summed E-state index contributed by atoms with van der Waals surface area (Å²) in [4.78, 5) is 0. The van der Waals surface area contributed by atoms with Crippen LogP contribution in [0.1, 0.15) is 0 Å². The Morgan fingerprint density at radius 2 is 2.00 bits per heavy atom. The fourth-order valence-corrected chi connectivity index (χ4v) is 1.78. The van der Waals surface area contributed by atoms with Gasteiger partial charge in [0.05, 0.1) is 5.69 Å². The minimum absolute atomic E-state index is 0.145. The fourth-order valence-electron chi connectivity index (χ4n) is 1.10. The van der Waals surface area contributed by atoms with E-state index in [1.54, 1.807) is 6.07 Å². The molecule has 0 saturated heterocycles. The van der Waals surface area contributed by atoms with Gasteiger partial charge >= 0.3 is 9.24 Å². The molecule has 0 fully saturated rings. The predicted molar refractivity (Wildman–Crippen MR) is 51.0 cm³/mol.